The van der Waals surface area contributed by atoms with E-state index in [9.17, 15) is 8.78 Å². The zero-order chi connectivity index (χ0) is 13.0. The summed E-state index contributed by atoms with van der Waals surface area (Å²) in [6.45, 7) is -2.82. The minimum absolute atomic E-state index is 0.0610. The molecule has 1 aromatic carbocycles. The standard InChI is InChI=1S/C13H10BrF2NO/c14-7-9-1-3-10(4-2-9)12-6-5-11(8-17-12)18-13(15)16/h1-6,8,13H,7H2. The SMILES string of the molecule is FC(F)Oc1ccc(-c2ccc(CBr)cc2)nc1. The highest BCUT2D eigenvalue weighted by Gasteiger charge is 2.05. The summed E-state index contributed by atoms with van der Waals surface area (Å²) in [6.07, 6.45) is 1.29. The Morgan fingerprint density at radius 3 is 2.33 bits per heavy atom. The van der Waals surface area contributed by atoms with Crippen molar-refractivity contribution < 1.29 is 13.5 Å². The Kier molecular flexibility index (Phi) is 4.25. The van der Waals surface area contributed by atoms with E-state index >= 15 is 0 Å². The summed E-state index contributed by atoms with van der Waals surface area (Å²) in [5, 5.41) is 0.794. The Balaban J connectivity index is 2.17. The van der Waals surface area contributed by atoms with Gasteiger partial charge in [-0.05, 0) is 17.7 Å². The van der Waals surface area contributed by atoms with Crippen LogP contribution in [0.2, 0.25) is 0 Å². The van der Waals surface area contributed by atoms with Gasteiger partial charge in [-0.3, -0.25) is 4.98 Å². The maximum atomic E-state index is 12.0. The number of hydrogen-bond acceptors (Lipinski definition) is 2. The lowest BCUT2D eigenvalue weighted by atomic mass is 10.1. The van der Waals surface area contributed by atoms with Crippen molar-refractivity contribution in [3.05, 3.63) is 48.2 Å². The van der Waals surface area contributed by atoms with Crippen LogP contribution in [0.1, 0.15) is 5.56 Å². The first-order chi connectivity index (χ1) is 8.69. The molecule has 0 aliphatic heterocycles. The first-order valence-corrected chi connectivity index (χ1v) is 6.37. The van der Waals surface area contributed by atoms with Gasteiger partial charge >= 0.3 is 6.61 Å². The minimum atomic E-state index is -2.82. The minimum Gasteiger partial charge on any atom is -0.433 e. The molecular formula is C13H10BrF2NO. The third kappa shape index (κ3) is 3.26. The third-order valence-electron chi connectivity index (χ3n) is 2.37. The van der Waals surface area contributed by atoms with Gasteiger partial charge in [0.25, 0.3) is 0 Å². The molecule has 0 amide bonds. The Morgan fingerprint density at radius 2 is 1.83 bits per heavy atom. The van der Waals surface area contributed by atoms with E-state index in [-0.39, 0.29) is 5.75 Å². The summed E-state index contributed by atoms with van der Waals surface area (Å²) < 4.78 is 28.2. The number of rotatable bonds is 4. The summed E-state index contributed by atoms with van der Waals surface area (Å²) in [5.74, 6) is 0.0610. The van der Waals surface area contributed by atoms with Crippen LogP contribution in [0.3, 0.4) is 0 Å². The van der Waals surface area contributed by atoms with E-state index in [1.807, 2.05) is 24.3 Å². The van der Waals surface area contributed by atoms with Crippen molar-refractivity contribution in [3.8, 4) is 17.0 Å². The van der Waals surface area contributed by atoms with Gasteiger partial charge in [-0.1, -0.05) is 40.2 Å². The molecule has 0 saturated carbocycles. The summed E-state index contributed by atoms with van der Waals surface area (Å²) in [5.41, 5.74) is 2.82. The molecule has 0 atom stereocenters. The molecule has 0 unspecified atom stereocenters. The molecule has 1 heterocycles. The number of hydrogen-bond donors (Lipinski definition) is 0. The molecule has 0 N–H and O–H groups in total. The van der Waals surface area contributed by atoms with Gasteiger partial charge in [-0.15, -0.1) is 0 Å². The predicted molar refractivity (Wildman–Crippen MR) is 68.9 cm³/mol. The molecule has 0 aliphatic rings. The first kappa shape index (κ1) is 13.0. The smallest absolute Gasteiger partial charge is 0.387 e. The molecule has 2 rings (SSSR count). The van der Waals surface area contributed by atoms with E-state index in [4.69, 9.17) is 0 Å². The van der Waals surface area contributed by atoms with Gasteiger partial charge in [0.2, 0.25) is 0 Å². The van der Waals surface area contributed by atoms with Crippen molar-refractivity contribution in [3.63, 3.8) is 0 Å². The second-order valence-electron chi connectivity index (χ2n) is 3.59. The molecule has 5 heteroatoms. The van der Waals surface area contributed by atoms with Crippen molar-refractivity contribution in [2.45, 2.75) is 11.9 Å². The van der Waals surface area contributed by atoms with E-state index in [0.29, 0.717) is 0 Å². The van der Waals surface area contributed by atoms with E-state index in [1.54, 1.807) is 6.07 Å². The van der Waals surface area contributed by atoms with Gasteiger partial charge in [0.15, 0.2) is 0 Å². The molecule has 0 fully saturated rings. The van der Waals surface area contributed by atoms with Crippen LogP contribution in [0.5, 0.6) is 5.75 Å². The molecule has 2 nitrogen and oxygen atoms in total. The van der Waals surface area contributed by atoms with Gasteiger partial charge in [-0.25, -0.2) is 0 Å². The van der Waals surface area contributed by atoms with E-state index < -0.39 is 6.61 Å². The number of alkyl halides is 3. The number of benzene rings is 1. The molecule has 0 saturated heterocycles. The maximum absolute atomic E-state index is 12.0. The van der Waals surface area contributed by atoms with Crippen LogP contribution in [0, 0.1) is 0 Å². The van der Waals surface area contributed by atoms with Crippen LogP contribution in [0.4, 0.5) is 8.78 Å². The summed E-state index contributed by atoms with van der Waals surface area (Å²) >= 11 is 3.37. The van der Waals surface area contributed by atoms with Crippen LogP contribution in [0.25, 0.3) is 11.3 Å². The molecule has 1 aromatic heterocycles. The molecule has 94 valence electrons. The molecule has 0 radical (unpaired) electrons. The highest BCUT2D eigenvalue weighted by Crippen LogP contribution is 2.21. The second-order valence-corrected chi connectivity index (χ2v) is 4.15. The molecule has 18 heavy (non-hydrogen) atoms. The average Bonchev–Trinajstić information content (AvgIpc) is 2.39. The lowest BCUT2D eigenvalue weighted by Crippen LogP contribution is -2.02. The maximum Gasteiger partial charge on any atom is 0.387 e. The number of halogens is 3. The van der Waals surface area contributed by atoms with E-state index in [2.05, 4.69) is 25.7 Å². The van der Waals surface area contributed by atoms with Crippen LogP contribution in [-0.2, 0) is 5.33 Å². The van der Waals surface area contributed by atoms with Crippen molar-refractivity contribution in [2.75, 3.05) is 0 Å². The van der Waals surface area contributed by atoms with Crippen molar-refractivity contribution in [2.24, 2.45) is 0 Å². The second kappa shape index (κ2) is 5.91. The summed E-state index contributed by atoms with van der Waals surface area (Å²) in [7, 11) is 0. The monoisotopic (exact) mass is 313 g/mol. The van der Waals surface area contributed by atoms with Crippen molar-refractivity contribution in [1.82, 2.24) is 4.98 Å². The lowest BCUT2D eigenvalue weighted by molar-refractivity contribution is -0.0500. The van der Waals surface area contributed by atoms with Crippen LogP contribution >= 0.6 is 15.9 Å². The van der Waals surface area contributed by atoms with Crippen LogP contribution in [-0.4, -0.2) is 11.6 Å². The summed E-state index contributed by atoms with van der Waals surface area (Å²) in [6, 6.07) is 11.0. The predicted octanol–water partition coefficient (Wildman–Crippen LogP) is 4.24. The fraction of sp³-hybridized carbons (Fsp3) is 0.154. The van der Waals surface area contributed by atoms with E-state index in [1.165, 1.54) is 12.3 Å². The van der Waals surface area contributed by atoms with Gasteiger partial charge < -0.3 is 4.74 Å². The fourth-order valence-corrected chi connectivity index (χ4v) is 1.86. The molecule has 0 aliphatic carbocycles. The van der Waals surface area contributed by atoms with Gasteiger partial charge in [0.1, 0.15) is 5.75 Å². The molecule has 2 aromatic rings. The van der Waals surface area contributed by atoms with Crippen LogP contribution in [0.15, 0.2) is 42.6 Å². The summed E-state index contributed by atoms with van der Waals surface area (Å²) in [4.78, 5) is 4.09. The Bertz CT molecular complexity index is 499. The Hall–Kier alpha value is -1.49. The third-order valence-corrected chi connectivity index (χ3v) is 3.01. The normalized spacial score (nSPS) is 10.7. The average molecular weight is 314 g/mol. The Labute approximate surface area is 112 Å². The number of nitrogens with zero attached hydrogens (tertiary/aromatic N) is 1. The quantitative estimate of drug-likeness (QED) is 0.787. The number of pyridine rings is 1. The zero-order valence-corrected chi connectivity index (χ0v) is 10.9. The molecular weight excluding hydrogens is 304 g/mol. The van der Waals surface area contributed by atoms with Crippen LogP contribution < -0.4 is 4.74 Å². The number of aromatic nitrogens is 1. The number of ether oxygens (including phenoxy) is 1. The zero-order valence-electron chi connectivity index (χ0n) is 9.32. The van der Waals surface area contributed by atoms with Crippen molar-refractivity contribution >= 4 is 15.9 Å². The van der Waals surface area contributed by atoms with Gasteiger partial charge in [0.05, 0.1) is 11.9 Å². The van der Waals surface area contributed by atoms with Gasteiger partial charge in [0, 0.05) is 10.9 Å². The fourth-order valence-electron chi connectivity index (χ4n) is 1.49. The Morgan fingerprint density at radius 1 is 1.11 bits per heavy atom. The molecule has 0 spiro atoms. The highest BCUT2D eigenvalue weighted by atomic mass is 79.9. The first-order valence-electron chi connectivity index (χ1n) is 5.25. The molecule has 0 bridgehead atoms. The van der Waals surface area contributed by atoms with Gasteiger partial charge in [-0.2, -0.15) is 8.78 Å². The van der Waals surface area contributed by atoms with Crippen molar-refractivity contribution in [1.29, 1.82) is 0 Å². The highest BCUT2D eigenvalue weighted by molar-refractivity contribution is 9.08. The lowest BCUT2D eigenvalue weighted by Gasteiger charge is -2.05. The largest absolute Gasteiger partial charge is 0.433 e. The van der Waals surface area contributed by atoms with E-state index in [0.717, 1.165) is 22.2 Å². The topological polar surface area (TPSA) is 22.1 Å².